The Hall–Kier alpha value is -1.94. The molecule has 1 saturated heterocycles. The lowest BCUT2D eigenvalue weighted by Crippen LogP contribution is -2.43. The second kappa shape index (κ2) is 9.91. The molecule has 32 heavy (non-hydrogen) atoms. The minimum atomic E-state index is -0.188. The number of hydrogen-bond donors (Lipinski definition) is 2. The highest BCUT2D eigenvalue weighted by atomic mass is 35.5. The fraction of sp³-hybridized carbons (Fsp3) is 0.500. The predicted octanol–water partition coefficient (Wildman–Crippen LogP) is 2.64. The molecule has 1 fully saturated rings. The van der Waals surface area contributed by atoms with Crippen molar-refractivity contribution >= 4 is 52.0 Å². The molecule has 172 valence electrons. The minimum absolute atomic E-state index is 0.0253. The normalized spacial score (nSPS) is 21.2. The van der Waals surface area contributed by atoms with E-state index in [2.05, 4.69) is 22.6 Å². The molecule has 0 unspecified atom stereocenters. The molecule has 3 amide bonds. The molecule has 0 aliphatic carbocycles. The Morgan fingerprint density at radius 2 is 1.94 bits per heavy atom. The fourth-order valence-electron chi connectivity index (χ4n) is 4.27. The van der Waals surface area contributed by atoms with Gasteiger partial charge in [-0.2, -0.15) is 0 Å². The number of amides is 3. The monoisotopic (exact) mass is 494 g/mol. The molecule has 2 atom stereocenters. The first-order valence-corrected chi connectivity index (χ1v) is 12.7. The van der Waals surface area contributed by atoms with Gasteiger partial charge in [0.25, 0.3) is 11.8 Å². The Morgan fingerprint density at radius 3 is 2.66 bits per heavy atom. The van der Waals surface area contributed by atoms with Gasteiger partial charge in [-0.15, -0.1) is 22.7 Å². The number of likely N-dealkylation sites (N-methyl/N-ethyl adjacent to an activating group) is 1. The van der Waals surface area contributed by atoms with Crippen LogP contribution in [-0.2, 0) is 17.6 Å². The van der Waals surface area contributed by atoms with Crippen LogP contribution in [0.4, 0.5) is 0 Å². The smallest absolute Gasteiger partial charge is 0.264 e. The van der Waals surface area contributed by atoms with E-state index < -0.39 is 0 Å². The van der Waals surface area contributed by atoms with Gasteiger partial charge in [-0.3, -0.25) is 14.4 Å². The van der Waals surface area contributed by atoms with Crippen molar-refractivity contribution in [3.8, 4) is 0 Å². The van der Waals surface area contributed by atoms with E-state index in [9.17, 15) is 14.4 Å². The maximum Gasteiger partial charge on any atom is 0.264 e. The molecule has 0 aromatic carbocycles. The van der Waals surface area contributed by atoms with Crippen LogP contribution in [0.25, 0.3) is 0 Å². The van der Waals surface area contributed by atoms with Gasteiger partial charge in [0.15, 0.2) is 0 Å². The highest BCUT2D eigenvalue weighted by Gasteiger charge is 2.37. The molecule has 2 aromatic heterocycles. The van der Waals surface area contributed by atoms with Crippen LogP contribution in [0.15, 0.2) is 18.2 Å². The summed E-state index contributed by atoms with van der Waals surface area (Å²) < 4.78 is 0.561. The summed E-state index contributed by atoms with van der Waals surface area (Å²) in [6, 6.07) is 5.08. The Morgan fingerprint density at radius 1 is 1.16 bits per heavy atom. The maximum atomic E-state index is 13.5. The molecule has 7 nitrogen and oxygen atoms in total. The Bertz CT molecular complexity index is 995. The van der Waals surface area contributed by atoms with E-state index in [1.54, 1.807) is 28.4 Å². The van der Waals surface area contributed by atoms with Gasteiger partial charge in [0, 0.05) is 44.0 Å². The lowest BCUT2D eigenvalue weighted by molar-refractivity contribution is -0.119. The lowest BCUT2D eigenvalue weighted by atomic mass is 10.1. The second-order valence-electron chi connectivity index (χ2n) is 8.42. The van der Waals surface area contributed by atoms with Gasteiger partial charge in [0.05, 0.1) is 20.1 Å². The number of halogens is 1. The summed E-state index contributed by atoms with van der Waals surface area (Å²) in [6.45, 7) is 4.24. The third kappa shape index (κ3) is 5.33. The van der Waals surface area contributed by atoms with Gasteiger partial charge in [-0.05, 0) is 50.1 Å². The quantitative estimate of drug-likeness (QED) is 0.669. The standard InChI is InChI=1S/C22H27ClN4O3S2/c1-13(28)24-11-16-10-15(25-21(29)18-3-4-20(23)32-18)12-27(16)22(30)19-9-14-5-7-26(2)8-6-17(14)31-19/h3-4,9,15-16H,5-8,10-12H2,1-2H3,(H,24,28)(H,25,29)/t15-,16+/m1/s1. The molecule has 4 heterocycles. The van der Waals surface area contributed by atoms with Crippen LogP contribution in [0, 0.1) is 0 Å². The van der Waals surface area contributed by atoms with Crippen molar-refractivity contribution in [2.24, 2.45) is 0 Å². The molecule has 2 aliphatic rings. The number of likely N-dealkylation sites (tertiary alicyclic amines) is 1. The van der Waals surface area contributed by atoms with E-state index in [4.69, 9.17) is 11.6 Å². The van der Waals surface area contributed by atoms with Crippen molar-refractivity contribution in [3.63, 3.8) is 0 Å². The number of nitrogens with zero attached hydrogens (tertiary/aromatic N) is 2. The number of carbonyl (C=O) groups is 3. The largest absolute Gasteiger partial charge is 0.354 e. The number of thiophene rings is 2. The summed E-state index contributed by atoms with van der Waals surface area (Å²) in [5.41, 5.74) is 1.26. The van der Waals surface area contributed by atoms with E-state index in [1.165, 1.54) is 28.7 Å². The van der Waals surface area contributed by atoms with Gasteiger partial charge in [0.2, 0.25) is 5.91 Å². The van der Waals surface area contributed by atoms with E-state index in [1.807, 2.05) is 6.07 Å². The lowest BCUT2D eigenvalue weighted by Gasteiger charge is -2.24. The van der Waals surface area contributed by atoms with Crippen LogP contribution in [0.5, 0.6) is 0 Å². The van der Waals surface area contributed by atoms with Gasteiger partial charge in [-0.25, -0.2) is 0 Å². The van der Waals surface area contributed by atoms with Crippen molar-refractivity contribution < 1.29 is 14.4 Å². The Kier molecular flexibility index (Phi) is 7.19. The number of fused-ring (bicyclic) bond motifs is 1. The molecule has 10 heteroatoms. The molecular formula is C22H27ClN4O3S2. The zero-order valence-corrected chi connectivity index (χ0v) is 20.5. The minimum Gasteiger partial charge on any atom is -0.354 e. The molecule has 2 aromatic rings. The van der Waals surface area contributed by atoms with Crippen LogP contribution in [0.3, 0.4) is 0 Å². The van der Waals surface area contributed by atoms with Crippen LogP contribution in [-0.4, -0.2) is 72.8 Å². The van der Waals surface area contributed by atoms with Crippen LogP contribution in [0.1, 0.15) is 43.1 Å². The number of rotatable bonds is 5. The number of nitrogens with one attached hydrogen (secondary N) is 2. The maximum absolute atomic E-state index is 13.5. The molecule has 4 rings (SSSR count). The third-order valence-corrected chi connectivity index (χ3v) is 8.44. The van der Waals surface area contributed by atoms with Crippen molar-refractivity contribution in [3.05, 3.63) is 42.7 Å². The molecule has 0 bridgehead atoms. The molecule has 2 N–H and O–H groups in total. The number of hydrogen-bond acceptors (Lipinski definition) is 6. The van der Waals surface area contributed by atoms with E-state index in [0.717, 1.165) is 30.8 Å². The molecular weight excluding hydrogens is 468 g/mol. The average Bonchev–Trinajstić information content (AvgIpc) is 3.44. The summed E-state index contributed by atoms with van der Waals surface area (Å²) >= 11 is 8.76. The van der Waals surface area contributed by atoms with Crippen molar-refractivity contribution in [2.75, 3.05) is 33.2 Å². The molecule has 0 radical (unpaired) electrons. The fourth-order valence-corrected chi connectivity index (χ4v) is 6.37. The second-order valence-corrected chi connectivity index (χ2v) is 11.3. The van der Waals surface area contributed by atoms with Gasteiger partial charge in [0.1, 0.15) is 0 Å². The first kappa shape index (κ1) is 23.2. The van der Waals surface area contributed by atoms with Crippen LogP contribution >= 0.6 is 34.3 Å². The molecule has 2 aliphatic heterocycles. The van der Waals surface area contributed by atoms with E-state index >= 15 is 0 Å². The topological polar surface area (TPSA) is 81.8 Å². The number of carbonyl (C=O) groups excluding carboxylic acids is 3. The summed E-state index contributed by atoms with van der Waals surface area (Å²) in [4.78, 5) is 44.2. The summed E-state index contributed by atoms with van der Waals surface area (Å²) in [5, 5.41) is 5.86. The average molecular weight is 495 g/mol. The van der Waals surface area contributed by atoms with Gasteiger partial charge < -0.3 is 20.4 Å². The highest BCUT2D eigenvalue weighted by molar-refractivity contribution is 7.18. The zero-order chi connectivity index (χ0) is 22.8. The Balaban J connectivity index is 1.48. The first-order valence-electron chi connectivity index (χ1n) is 10.7. The SMILES string of the molecule is CC(=O)NC[C@@H]1C[C@@H](NC(=O)c2ccc(Cl)s2)CN1C(=O)c1cc2c(s1)CCN(C)CC2. The Labute approximate surface area is 200 Å². The van der Waals surface area contributed by atoms with Crippen molar-refractivity contribution in [1.82, 2.24) is 20.4 Å². The third-order valence-electron chi connectivity index (χ3n) is 5.99. The molecule has 0 saturated carbocycles. The van der Waals surface area contributed by atoms with E-state index in [0.29, 0.717) is 28.7 Å². The van der Waals surface area contributed by atoms with Crippen LogP contribution < -0.4 is 10.6 Å². The summed E-state index contributed by atoms with van der Waals surface area (Å²) in [7, 11) is 2.12. The van der Waals surface area contributed by atoms with Gasteiger partial charge in [-0.1, -0.05) is 11.6 Å². The van der Waals surface area contributed by atoms with Crippen molar-refractivity contribution in [1.29, 1.82) is 0 Å². The van der Waals surface area contributed by atoms with E-state index in [-0.39, 0.29) is 29.8 Å². The van der Waals surface area contributed by atoms with Crippen molar-refractivity contribution in [2.45, 2.75) is 38.3 Å². The summed E-state index contributed by atoms with van der Waals surface area (Å²) in [5.74, 6) is -0.348. The highest BCUT2D eigenvalue weighted by Crippen LogP contribution is 2.30. The van der Waals surface area contributed by atoms with Gasteiger partial charge >= 0.3 is 0 Å². The first-order chi connectivity index (χ1) is 15.3. The summed E-state index contributed by atoms with van der Waals surface area (Å²) in [6.07, 6.45) is 2.50. The zero-order valence-electron chi connectivity index (χ0n) is 18.2. The van der Waals surface area contributed by atoms with Crippen LogP contribution in [0.2, 0.25) is 4.34 Å². The molecule has 0 spiro atoms. The predicted molar refractivity (Wildman–Crippen MR) is 128 cm³/mol.